The second-order valence-corrected chi connectivity index (χ2v) is 6.66. The second-order valence-electron chi connectivity index (χ2n) is 6.66. The van der Waals surface area contributed by atoms with Crippen molar-refractivity contribution in [3.63, 3.8) is 0 Å². The van der Waals surface area contributed by atoms with Crippen LogP contribution in [0, 0.1) is 0 Å². The molecule has 30 heavy (non-hydrogen) atoms. The highest BCUT2D eigenvalue weighted by atomic mass is 16.5. The van der Waals surface area contributed by atoms with Crippen molar-refractivity contribution in [2.24, 2.45) is 0 Å². The lowest BCUT2D eigenvalue weighted by molar-refractivity contribution is -0.147. The average molecular weight is 415 g/mol. The van der Waals surface area contributed by atoms with E-state index in [-0.39, 0.29) is 18.9 Å². The molecule has 0 atom stereocenters. The summed E-state index contributed by atoms with van der Waals surface area (Å²) in [6, 6.07) is 20.0. The maximum atomic E-state index is 12.3. The first-order valence-corrected chi connectivity index (χ1v) is 9.75. The van der Waals surface area contributed by atoms with Gasteiger partial charge in [0.05, 0.1) is 19.4 Å². The van der Waals surface area contributed by atoms with Crippen LogP contribution in [-0.2, 0) is 27.4 Å². The predicted molar refractivity (Wildman–Crippen MR) is 115 cm³/mol. The molecule has 0 aliphatic heterocycles. The molecule has 2 aromatic carbocycles. The van der Waals surface area contributed by atoms with Crippen molar-refractivity contribution >= 4 is 18.0 Å². The number of rotatable bonds is 8. The molecule has 1 N–H and O–H groups in total. The number of amides is 2. The lowest BCUT2D eigenvalue weighted by Gasteiger charge is -2.25. The number of aliphatic carboxylic acids is 1. The van der Waals surface area contributed by atoms with E-state index in [4.69, 9.17) is 5.11 Å². The van der Waals surface area contributed by atoms with Crippen molar-refractivity contribution in [1.82, 2.24) is 9.80 Å². The number of urea groups is 1. The number of carboxylic acids is 1. The molecule has 0 saturated carbocycles. The minimum Gasteiger partial charge on any atom is -0.481 e. The van der Waals surface area contributed by atoms with Crippen LogP contribution in [0.25, 0.3) is 0 Å². The quantitative estimate of drug-likeness (QED) is 0.664. The lowest BCUT2D eigenvalue weighted by Crippen LogP contribution is -2.37. The number of benzene rings is 2. The van der Waals surface area contributed by atoms with Crippen LogP contribution in [0.4, 0.5) is 4.79 Å². The molecule has 0 fully saturated rings. The van der Waals surface area contributed by atoms with Crippen molar-refractivity contribution < 1.29 is 24.2 Å². The van der Waals surface area contributed by atoms with Gasteiger partial charge in [-0.2, -0.15) is 0 Å². The minimum atomic E-state index is -0.979. The molecule has 0 bridgehead atoms. The Kier molecular flexibility index (Phi) is 11.3. The first-order valence-electron chi connectivity index (χ1n) is 9.75. The monoisotopic (exact) mass is 414 g/mol. The van der Waals surface area contributed by atoms with Gasteiger partial charge in [0.2, 0.25) is 0 Å². The van der Waals surface area contributed by atoms with Gasteiger partial charge in [-0.25, -0.2) is 4.79 Å². The summed E-state index contributed by atoms with van der Waals surface area (Å²) >= 11 is 0. The molecule has 2 amide bonds. The van der Waals surface area contributed by atoms with Gasteiger partial charge in [0, 0.05) is 27.2 Å². The maximum absolute atomic E-state index is 12.3. The summed E-state index contributed by atoms with van der Waals surface area (Å²) in [5.41, 5.74) is 2.27. The molecule has 0 unspecified atom stereocenters. The van der Waals surface area contributed by atoms with Crippen LogP contribution < -0.4 is 0 Å². The molecule has 0 aliphatic carbocycles. The van der Waals surface area contributed by atoms with E-state index in [2.05, 4.69) is 4.74 Å². The van der Waals surface area contributed by atoms with Crippen molar-refractivity contribution in [2.75, 3.05) is 20.7 Å². The number of carbonyl (C=O) groups is 3. The summed E-state index contributed by atoms with van der Waals surface area (Å²) in [6.07, 6.45) is -0.192. The summed E-state index contributed by atoms with van der Waals surface area (Å²) in [4.78, 5) is 36.1. The molecule has 0 radical (unpaired) electrons. The number of carbonyl (C=O) groups excluding carboxylic acids is 2. The summed E-state index contributed by atoms with van der Waals surface area (Å²) in [6.45, 7) is 3.23. The highest BCUT2D eigenvalue weighted by molar-refractivity contribution is 5.76. The SMILES string of the molecule is CCOC(=O)CCC(=O)O.CN(Cc1ccccc1)C(=O)N(C)Cc1ccccc1. The van der Waals surface area contributed by atoms with Crippen LogP contribution in [0.2, 0.25) is 0 Å². The Morgan fingerprint density at radius 2 is 1.23 bits per heavy atom. The van der Waals surface area contributed by atoms with E-state index in [1.165, 1.54) is 0 Å². The fourth-order valence-corrected chi connectivity index (χ4v) is 2.58. The van der Waals surface area contributed by atoms with Crippen molar-refractivity contribution in [2.45, 2.75) is 32.9 Å². The van der Waals surface area contributed by atoms with E-state index >= 15 is 0 Å². The van der Waals surface area contributed by atoms with E-state index in [0.29, 0.717) is 19.7 Å². The third kappa shape index (κ3) is 10.3. The van der Waals surface area contributed by atoms with Gasteiger partial charge in [-0.1, -0.05) is 60.7 Å². The standard InChI is InChI=1S/C17H20N2O.C6H10O4/c1-18(13-15-9-5-3-6-10-15)17(20)19(2)14-16-11-7-4-8-12-16;1-2-10-6(9)4-3-5(7)8/h3-12H,13-14H2,1-2H3;2-4H2,1H3,(H,7,8). The molecule has 2 rings (SSSR count). The number of hydrogen-bond donors (Lipinski definition) is 1. The number of ether oxygens (including phenoxy) is 1. The Hall–Kier alpha value is -3.35. The van der Waals surface area contributed by atoms with Crippen molar-refractivity contribution in [3.8, 4) is 0 Å². The van der Waals surface area contributed by atoms with Crippen LogP contribution in [0.1, 0.15) is 30.9 Å². The molecule has 0 saturated heterocycles. The zero-order valence-corrected chi connectivity index (χ0v) is 17.8. The van der Waals surface area contributed by atoms with Crippen molar-refractivity contribution in [3.05, 3.63) is 71.8 Å². The summed E-state index contributed by atoms with van der Waals surface area (Å²) in [5.74, 6) is -1.43. The second kappa shape index (κ2) is 13.8. The number of esters is 1. The molecule has 7 heteroatoms. The molecule has 0 aromatic heterocycles. The van der Waals surface area contributed by atoms with Crippen LogP contribution in [0.3, 0.4) is 0 Å². The molecule has 0 heterocycles. The first kappa shape index (κ1) is 24.7. The normalized spacial score (nSPS) is 9.70. The Morgan fingerprint density at radius 3 is 1.60 bits per heavy atom. The topological polar surface area (TPSA) is 87.1 Å². The van der Waals surface area contributed by atoms with Crippen LogP contribution in [-0.4, -0.2) is 53.6 Å². The average Bonchev–Trinajstić information content (AvgIpc) is 2.74. The molecule has 162 valence electrons. The Bertz CT molecular complexity index is 731. The Balaban J connectivity index is 0.000000382. The van der Waals surface area contributed by atoms with Gasteiger partial charge < -0.3 is 19.6 Å². The molecule has 0 aliphatic rings. The van der Waals surface area contributed by atoms with Gasteiger partial charge in [-0.3, -0.25) is 9.59 Å². The highest BCUT2D eigenvalue weighted by Gasteiger charge is 2.14. The van der Waals surface area contributed by atoms with Crippen LogP contribution >= 0.6 is 0 Å². The molecule has 2 aromatic rings. The van der Waals surface area contributed by atoms with Gasteiger partial charge >= 0.3 is 18.0 Å². The van der Waals surface area contributed by atoms with E-state index in [1.807, 2.05) is 74.8 Å². The zero-order chi connectivity index (χ0) is 22.4. The number of nitrogens with zero attached hydrogens (tertiary/aromatic N) is 2. The van der Waals surface area contributed by atoms with Gasteiger partial charge in [0.1, 0.15) is 0 Å². The first-order chi connectivity index (χ1) is 14.3. The lowest BCUT2D eigenvalue weighted by atomic mass is 10.2. The van der Waals surface area contributed by atoms with Crippen molar-refractivity contribution in [1.29, 1.82) is 0 Å². The van der Waals surface area contributed by atoms with E-state index in [0.717, 1.165) is 11.1 Å². The summed E-state index contributed by atoms with van der Waals surface area (Å²) in [5, 5.41) is 8.12. The van der Waals surface area contributed by atoms with Crippen LogP contribution in [0.15, 0.2) is 60.7 Å². The van der Waals surface area contributed by atoms with Gasteiger partial charge in [0.25, 0.3) is 0 Å². The largest absolute Gasteiger partial charge is 0.481 e. The van der Waals surface area contributed by atoms with Gasteiger partial charge in [-0.05, 0) is 18.1 Å². The summed E-state index contributed by atoms with van der Waals surface area (Å²) < 4.78 is 4.49. The highest BCUT2D eigenvalue weighted by Crippen LogP contribution is 2.08. The Labute approximate surface area is 177 Å². The maximum Gasteiger partial charge on any atom is 0.320 e. The number of carboxylic acid groups (broad SMARTS) is 1. The molecule has 7 nitrogen and oxygen atoms in total. The van der Waals surface area contributed by atoms with Crippen LogP contribution in [0.5, 0.6) is 0 Å². The van der Waals surface area contributed by atoms with E-state index in [9.17, 15) is 14.4 Å². The smallest absolute Gasteiger partial charge is 0.320 e. The molecular weight excluding hydrogens is 384 g/mol. The summed E-state index contributed by atoms with van der Waals surface area (Å²) in [7, 11) is 3.66. The minimum absolute atomic E-state index is 0.0257. The predicted octanol–water partition coefficient (Wildman–Crippen LogP) is 3.78. The third-order valence-electron chi connectivity index (χ3n) is 4.03. The fraction of sp³-hybridized carbons (Fsp3) is 0.348. The zero-order valence-electron chi connectivity index (χ0n) is 17.8. The molecule has 0 spiro atoms. The van der Waals surface area contributed by atoms with E-state index in [1.54, 1.807) is 16.7 Å². The Morgan fingerprint density at radius 1 is 0.800 bits per heavy atom. The van der Waals surface area contributed by atoms with Gasteiger partial charge in [-0.15, -0.1) is 0 Å². The fourth-order valence-electron chi connectivity index (χ4n) is 2.58. The third-order valence-corrected chi connectivity index (χ3v) is 4.03. The number of hydrogen-bond acceptors (Lipinski definition) is 4. The van der Waals surface area contributed by atoms with E-state index < -0.39 is 11.9 Å². The molecular formula is C23H30N2O5. The van der Waals surface area contributed by atoms with Gasteiger partial charge in [0.15, 0.2) is 0 Å².